The van der Waals surface area contributed by atoms with Crippen LogP contribution in [0, 0.1) is 0 Å². The van der Waals surface area contributed by atoms with Crippen LogP contribution in [0.15, 0.2) is 17.6 Å². The Bertz CT molecular complexity index is 622. The summed E-state index contributed by atoms with van der Waals surface area (Å²) in [6, 6.07) is 0.388. The van der Waals surface area contributed by atoms with Crippen LogP contribution in [0.1, 0.15) is 19.8 Å². The lowest BCUT2D eigenvalue weighted by Crippen LogP contribution is -2.32. The number of hydrogen-bond acceptors (Lipinski definition) is 5. The number of aromatic nitrogens is 4. The minimum absolute atomic E-state index is 0.0724. The summed E-state index contributed by atoms with van der Waals surface area (Å²) in [6.45, 7) is 1.90. The highest BCUT2D eigenvalue weighted by Gasteiger charge is 2.26. The van der Waals surface area contributed by atoms with Gasteiger partial charge in [-0.15, -0.1) is 0 Å². The molecule has 1 N–H and O–H groups in total. The molecule has 0 aliphatic heterocycles. The van der Waals surface area contributed by atoms with Crippen molar-refractivity contribution >= 4 is 28.7 Å². The molecular formula is C12H15N5OS. The highest BCUT2D eigenvalue weighted by atomic mass is 32.2. The lowest BCUT2D eigenvalue weighted by molar-refractivity contribution is -0.120. The molecule has 0 aromatic carbocycles. The molecule has 7 heteroatoms. The fraction of sp³-hybridized carbons (Fsp3) is 0.500. The van der Waals surface area contributed by atoms with Crippen LogP contribution in [0.4, 0.5) is 0 Å². The van der Waals surface area contributed by atoms with Gasteiger partial charge in [-0.05, 0) is 19.8 Å². The van der Waals surface area contributed by atoms with Gasteiger partial charge in [-0.2, -0.15) is 5.10 Å². The van der Waals surface area contributed by atoms with Crippen LogP contribution >= 0.6 is 11.8 Å². The van der Waals surface area contributed by atoms with Gasteiger partial charge in [0.15, 0.2) is 5.65 Å². The van der Waals surface area contributed by atoms with Gasteiger partial charge in [0.25, 0.3) is 0 Å². The maximum atomic E-state index is 11.9. The number of aryl methyl sites for hydroxylation is 1. The van der Waals surface area contributed by atoms with Crippen molar-refractivity contribution in [3.8, 4) is 0 Å². The Balaban J connectivity index is 1.78. The summed E-state index contributed by atoms with van der Waals surface area (Å²) in [4.78, 5) is 20.4. The molecule has 3 rings (SSSR count). The Morgan fingerprint density at radius 2 is 2.32 bits per heavy atom. The van der Waals surface area contributed by atoms with Crippen molar-refractivity contribution in [1.82, 2.24) is 25.1 Å². The van der Waals surface area contributed by atoms with Crippen molar-refractivity contribution in [2.24, 2.45) is 7.05 Å². The third-order valence-electron chi connectivity index (χ3n) is 3.07. The van der Waals surface area contributed by atoms with Gasteiger partial charge in [-0.3, -0.25) is 9.48 Å². The van der Waals surface area contributed by atoms with Crippen LogP contribution in [0.2, 0.25) is 0 Å². The number of thioether (sulfide) groups is 1. The highest BCUT2D eigenvalue weighted by molar-refractivity contribution is 8.00. The molecule has 0 radical (unpaired) electrons. The number of fused-ring (bicyclic) bond motifs is 1. The first-order valence-electron chi connectivity index (χ1n) is 6.25. The standard InChI is InChI=1S/C12H15N5OS/c1-7(11(18)16-8-3-4-8)19-12-9-5-15-17(2)10(9)13-6-14-12/h5-8H,3-4H2,1-2H3,(H,16,18). The highest BCUT2D eigenvalue weighted by Crippen LogP contribution is 2.28. The first kappa shape index (κ1) is 12.4. The minimum Gasteiger partial charge on any atom is -0.352 e. The van der Waals surface area contributed by atoms with E-state index in [1.165, 1.54) is 18.1 Å². The predicted molar refractivity (Wildman–Crippen MR) is 72.8 cm³/mol. The van der Waals surface area contributed by atoms with E-state index in [4.69, 9.17) is 0 Å². The number of nitrogens with one attached hydrogen (secondary N) is 1. The minimum atomic E-state index is -0.168. The zero-order chi connectivity index (χ0) is 13.4. The normalized spacial score (nSPS) is 16.5. The van der Waals surface area contributed by atoms with Crippen LogP contribution in [-0.2, 0) is 11.8 Å². The van der Waals surface area contributed by atoms with Crippen LogP contribution in [0.5, 0.6) is 0 Å². The van der Waals surface area contributed by atoms with Gasteiger partial charge in [0.05, 0.1) is 16.8 Å². The number of nitrogens with zero attached hydrogens (tertiary/aromatic N) is 4. The molecule has 0 saturated heterocycles. The Morgan fingerprint density at radius 1 is 1.53 bits per heavy atom. The molecule has 1 saturated carbocycles. The molecule has 1 atom stereocenters. The molecule has 100 valence electrons. The summed E-state index contributed by atoms with van der Waals surface area (Å²) in [6.07, 6.45) is 5.45. The summed E-state index contributed by atoms with van der Waals surface area (Å²) in [5, 5.41) is 8.69. The molecule has 0 bridgehead atoms. The van der Waals surface area contributed by atoms with Crippen molar-refractivity contribution in [1.29, 1.82) is 0 Å². The largest absolute Gasteiger partial charge is 0.352 e. The maximum absolute atomic E-state index is 11.9. The van der Waals surface area contributed by atoms with Crippen LogP contribution in [-0.4, -0.2) is 36.9 Å². The van der Waals surface area contributed by atoms with Crippen LogP contribution in [0.25, 0.3) is 11.0 Å². The molecule has 1 aliphatic rings. The van der Waals surface area contributed by atoms with Gasteiger partial charge < -0.3 is 5.32 Å². The zero-order valence-electron chi connectivity index (χ0n) is 10.8. The molecule has 2 heterocycles. The molecule has 1 amide bonds. The van der Waals surface area contributed by atoms with E-state index in [0.717, 1.165) is 28.9 Å². The number of carbonyl (C=O) groups is 1. The average molecular weight is 277 g/mol. The molecule has 0 spiro atoms. The predicted octanol–water partition coefficient (Wildman–Crippen LogP) is 1.12. The zero-order valence-corrected chi connectivity index (χ0v) is 11.6. The van der Waals surface area contributed by atoms with Gasteiger partial charge >= 0.3 is 0 Å². The van der Waals surface area contributed by atoms with E-state index in [0.29, 0.717) is 6.04 Å². The van der Waals surface area contributed by atoms with E-state index >= 15 is 0 Å². The lowest BCUT2D eigenvalue weighted by atomic mass is 10.4. The Morgan fingerprint density at radius 3 is 3.05 bits per heavy atom. The van der Waals surface area contributed by atoms with E-state index in [1.807, 2.05) is 14.0 Å². The van der Waals surface area contributed by atoms with E-state index in [1.54, 1.807) is 10.9 Å². The molecule has 1 unspecified atom stereocenters. The Hall–Kier alpha value is -1.63. The summed E-state index contributed by atoms with van der Waals surface area (Å²) in [5.74, 6) is 0.0724. The van der Waals surface area contributed by atoms with Crippen molar-refractivity contribution in [2.75, 3.05) is 0 Å². The summed E-state index contributed by atoms with van der Waals surface area (Å²) in [7, 11) is 1.84. The Kier molecular flexibility index (Phi) is 3.14. The second-order valence-corrected chi connectivity index (χ2v) is 6.06. The molecule has 2 aromatic rings. The second kappa shape index (κ2) is 4.80. The van der Waals surface area contributed by atoms with Crippen molar-refractivity contribution < 1.29 is 4.79 Å². The average Bonchev–Trinajstić information content (AvgIpc) is 3.13. The van der Waals surface area contributed by atoms with Crippen molar-refractivity contribution in [2.45, 2.75) is 36.1 Å². The molecule has 19 heavy (non-hydrogen) atoms. The lowest BCUT2D eigenvalue weighted by Gasteiger charge is -2.11. The van der Waals surface area contributed by atoms with E-state index in [2.05, 4.69) is 20.4 Å². The maximum Gasteiger partial charge on any atom is 0.233 e. The monoisotopic (exact) mass is 277 g/mol. The first-order chi connectivity index (χ1) is 9.15. The fourth-order valence-corrected chi connectivity index (χ4v) is 2.69. The van der Waals surface area contributed by atoms with Crippen molar-refractivity contribution in [3.05, 3.63) is 12.5 Å². The third-order valence-corrected chi connectivity index (χ3v) is 4.19. The fourth-order valence-electron chi connectivity index (χ4n) is 1.80. The molecule has 2 aromatic heterocycles. The summed E-state index contributed by atoms with van der Waals surface area (Å²) < 4.78 is 1.70. The van der Waals surface area contributed by atoms with Gasteiger partial charge in [0.1, 0.15) is 11.4 Å². The SMILES string of the molecule is CC(Sc1ncnc2c1cnn2C)C(=O)NC1CC1. The molecule has 1 aliphatic carbocycles. The topological polar surface area (TPSA) is 72.7 Å². The van der Waals surface area contributed by atoms with Gasteiger partial charge in [-0.25, -0.2) is 9.97 Å². The molecular weight excluding hydrogens is 262 g/mol. The summed E-state index contributed by atoms with van der Waals surface area (Å²) in [5.41, 5.74) is 0.785. The van der Waals surface area contributed by atoms with Crippen LogP contribution < -0.4 is 5.32 Å². The Labute approximate surface area is 115 Å². The van der Waals surface area contributed by atoms with Crippen LogP contribution in [0.3, 0.4) is 0 Å². The molecule has 1 fully saturated rings. The van der Waals surface area contributed by atoms with Gasteiger partial charge in [0.2, 0.25) is 5.91 Å². The molecule has 6 nitrogen and oxygen atoms in total. The van der Waals surface area contributed by atoms with E-state index in [-0.39, 0.29) is 11.2 Å². The third kappa shape index (κ3) is 2.56. The van der Waals surface area contributed by atoms with E-state index < -0.39 is 0 Å². The number of amides is 1. The number of rotatable bonds is 4. The number of hydrogen-bond donors (Lipinski definition) is 1. The van der Waals surface area contributed by atoms with Gasteiger partial charge in [-0.1, -0.05) is 11.8 Å². The quantitative estimate of drug-likeness (QED) is 0.670. The van der Waals surface area contributed by atoms with Crippen molar-refractivity contribution in [3.63, 3.8) is 0 Å². The summed E-state index contributed by atoms with van der Waals surface area (Å²) >= 11 is 1.45. The van der Waals surface area contributed by atoms with Gasteiger partial charge in [0, 0.05) is 13.1 Å². The number of carbonyl (C=O) groups excluding carboxylic acids is 1. The second-order valence-electron chi connectivity index (χ2n) is 4.73. The first-order valence-corrected chi connectivity index (χ1v) is 7.13. The van der Waals surface area contributed by atoms with E-state index in [9.17, 15) is 4.79 Å². The smallest absolute Gasteiger partial charge is 0.233 e.